The number of nitrogens with two attached hydrogens (primary N) is 2. The number of primary sulfonamides is 1. The number of likely N-dealkylation sites (N-methyl/N-ethyl adjacent to an activating group) is 1. The van der Waals surface area contributed by atoms with Crippen LogP contribution in [0.15, 0.2) is 52.9 Å². The normalized spacial score (nSPS) is 14.5. The molecule has 1 amide bonds. The average Bonchev–Trinajstić information content (AvgIpc) is 3.38. The highest BCUT2D eigenvalue weighted by atomic mass is 32.2. The lowest BCUT2D eigenvalue weighted by molar-refractivity contribution is -0.121. The molecule has 262 valence electrons. The quantitative estimate of drug-likeness (QED) is 0.0700. The molecule has 0 spiro atoms. The number of hydrogen-bond donors (Lipinski definition) is 9. The predicted molar refractivity (Wildman–Crippen MR) is 185 cm³/mol. The van der Waals surface area contributed by atoms with Crippen LogP contribution < -0.4 is 21.6 Å². The van der Waals surface area contributed by atoms with Gasteiger partial charge in [-0.3, -0.25) is 10.2 Å². The maximum atomic E-state index is 11.9. The first-order chi connectivity index (χ1) is 22.2. The van der Waals surface area contributed by atoms with Crippen molar-refractivity contribution >= 4 is 34.9 Å². The van der Waals surface area contributed by atoms with E-state index in [9.17, 15) is 33.6 Å². The monoisotopic (exact) mass is 686 g/mol. The lowest BCUT2D eigenvalue weighted by Gasteiger charge is -2.24. The number of benzene rings is 2. The summed E-state index contributed by atoms with van der Waals surface area (Å²) in [5, 5.41) is 60.8. The molecule has 3 rings (SSSR count). The molecule has 3 aromatic rings. The van der Waals surface area contributed by atoms with Crippen LogP contribution in [0.5, 0.6) is 5.75 Å². The number of sulfonamides is 1. The predicted octanol–water partition coefficient (Wildman–Crippen LogP) is 0.00697. The summed E-state index contributed by atoms with van der Waals surface area (Å²) in [6.07, 6.45) is 0.170. The fourth-order valence-electron chi connectivity index (χ4n) is 4.27. The zero-order valence-electron chi connectivity index (χ0n) is 27.7. The number of carbonyl (C=O) groups is 1. The van der Waals surface area contributed by atoms with Crippen molar-refractivity contribution in [1.29, 1.82) is 5.41 Å². The Balaban J connectivity index is 0.000000482. The number of phenolic OH excluding ortho intramolecular Hbond substituents is 1. The fraction of sp³-hybridized carbons (Fsp3) is 0.364. The minimum atomic E-state index is -3.94. The number of rotatable bonds is 12. The average molecular weight is 687 g/mol. The Bertz CT molecular complexity index is 1850. The third-order valence-electron chi connectivity index (χ3n) is 7.28. The van der Waals surface area contributed by atoms with Gasteiger partial charge >= 0.3 is 0 Å². The van der Waals surface area contributed by atoms with Gasteiger partial charge in [-0.15, -0.1) is 0 Å². The standard InChI is InChI=1S/C25H29N5O3S.C8H17NO5/c1-14(23(26)27)6-8-21-15(2)29-24(30-21)17-10-16(11-18(12-17)25(3,4)5)20-13-19(34(28,32)33)7-9-22(20)31;1-9(5-11)4-7(13)8(14)6(12)2-3-10/h6-13,31H,2H2,1,3-5H3,(H3,26,27)(H,29,30)(H2,28,32,33);5-8,10,12-14H,2-4H2,1H3/b14-6+,21-8+;. The number of nitrogens with one attached hydrogen (secondary N) is 2. The third-order valence-corrected chi connectivity index (χ3v) is 8.19. The largest absolute Gasteiger partial charge is 0.507 e. The number of amidine groups is 1. The number of aliphatic hydroxyl groups is 4. The summed E-state index contributed by atoms with van der Waals surface area (Å²) < 4.78 is 23.8. The summed E-state index contributed by atoms with van der Waals surface area (Å²) in [6, 6.07) is 9.66. The maximum absolute atomic E-state index is 11.9. The Labute approximate surface area is 279 Å². The van der Waals surface area contributed by atoms with Crippen LogP contribution in [0.4, 0.5) is 0 Å². The van der Waals surface area contributed by atoms with E-state index < -0.39 is 28.3 Å². The van der Waals surface area contributed by atoms with Gasteiger partial charge in [0.05, 0.1) is 27.8 Å². The van der Waals surface area contributed by atoms with Gasteiger partial charge in [-0.25, -0.2) is 18.5 Å². The number of aromatic amines is 1. The van der Waals surface area contributed by atoms with Crippen LogP contribution in [-0.2, 0) is 20.2 Å². The van der Waals surface area contributed by atoms with Crippen molar-refractivity contribution in [2.45, 2.75) is 62.7 Å². The van der Waals surface area contributed by atoms with E-state index in [1.165, 1.54) is 25.2 Å². The number of allylic oxidation sites excluding steroid dienone is 1. The Morgan fingerprint density at radius 1 is 1.12 bits per heavy atom. The van der Waals surface area contributed by atoms with Crippen molar-refractivity contribution in [3.63, 3.8) is 0 Å². The number of nitrogens with zero attached hydrogens (tertiary/aromatic N) is 2. The molecule has 1 heterocycles. The van der Waals surface area contributed by atoms with Gasteiger partial charge in [0.15, 0.2) is 0 Å². The maximum Gasteiger partial charge on any atom is 0.238 e. The van der Waals surface area contributed by atoms with Crippen molar-refractivity contribution in [1.82, 2.24) is 14.9 Å². The van der Waals surface area contributed by atoms with Crippen molar-refractivity contribution in [3.05, 3.63) is 64.3 Å². The molecule has 3 unspecified atom stereocenters. The van der Waals surface area contributed by atoms with Crippen LogP contribution in [0.1, 0.15) is 39.7 Å². The van der Waals surface area contributed by atoms with E-state index >= 15 is 0 Å². The number of hydrogen-bond acceptors (Lipinski definition) is 10. The lowest BCUT2D eigenvalue weighted by Crippen LogP contribution is -2.43. The molecule has 0 fully saturated rings. The molecule has 0 bridgehead atoms. The van der Waals surface area contributed by atoms with E-state index in [4.69, 9.17) is 21.4 Å². The third kappa shape index (κ3) is 11.1. The minimum Gasteiger partial charge on any atom is -0.507 e. The Morgan fingerprint density at radius 2 is 1.75 bits per heavy atom. The van der Waals surface area contributed by atoms with Crippen molar-refractivity contribution in [2.24, 2.45) is 10.9 Å². The van der Waals surface area contributed by atoms with Gasteiger partial charge in [0.1, 0.15) is 23.5 Å². The first-order valence-corrected chi connectivity index (χ1v) is 16.3. The number of imidazole rings is 1. The second kappa shape index (κ2) is 16.6. The first-order valence-electron chi connectivity index (χ1n) is 14.8. The van der Waals surface area contributed by atoms with Crippen molar-refractivity contribution < 1.29 is 38.7 Å². The lowest BCUT2D eigenvalue weighted by atomic mass is 9.84. The molecule has 3 atom stereocenters. The number of aliphatic hydroxyl groups excluding tert-OH is 4. The molecular weight excluding hydrogens is 640 g/mol. The van der Waals surface area contributed by atoms with E-state index in [1.807, 2.05) is 18.2 Å². The van der Waals surface area contributed by atoms with Gasteiger partial charge < -0.3 is 41.2 Å². The molecule has 0 aliphatic heterocycles. The topological polar surface area (TPSA) is 260 Å². The second-order valence-electron chi connectivity index (χ2n) is 12.3. The molecule has 0 saturated heterocycles. The van der Waals surface area contributed by atoms with Crippen molar-refractivity contribution in [2.75, 3.05) is 20.2 Å². The molecule has 14 nitrogen and oxygen atoms in total. The van der Waals surface area contributed by atoms with Crippen LogP contribution >= 0.6 is 0 Å². The van der Waals surface area contributed by atoms with Gasteiger partial charge in [0, 0.05) is 31.3 Å². The number of aromatic nitrogens is 2. The van der Waals surface area contributed by atoms with Gasteiger partial charge in [0.25, 0.3) is 0 Å². The highest BCUT2D eigenvalue weighted by Crippen LogP contribution is 2.36. The SMILES string of the molecule is C=c1[nH]c(-c2cc(-c3cc(S(N)(=O)=O)ccc3O)cc(C(C)(C)C)c2)n/c1=C/C=C(\C)C(=N)N.CN(C=O)CC(O)C(O)C(O)CCO. The molecule has 1 aromatic heterocycles. The van der Waals surface area contributed by atoms with Crippen LogP contribution in [0.3, 0.4) is 0 Å². The van der Waals surface area contributed by atoms with Gasteiger partial charge in [-0.2, -0.15) is 0 Å². The van der Waals surface area contributed by atoms with Crippen LogP contribution in [0.25, 0.3) is 35.2 Å². The van der Waals surface area contributed by atoms with Crippen molar-refractivity contribution in [3.8, 4) is 28.3 Å². The van der Waals surface area contributed by atoms with Crippen LogP contribution in [0.2, 0.25) is 0 Å². The van der Waals surface area contributed by atoms with Gasteiger partial charge in [-0.1, -0.05) is 39.5 Å². The summed E-state index contributed by atoms with van der Waals surface area (Å²) in [6.45, 7) is 11.6. The highest BCUT2D eigenvalue weighted by molar-refractivity contribution is 7.89. The Kier molecular flexibility index (Phi) is 13.8. The summed E-state index contributed by atoms with van der Waals surface area (Å²) in [5.41, 5.74) is 8.51. The van der Waals surface area contributed by atoms with E-state index in [-0.39, 0.29) is 41.5 Å². The molecule has 11 N–H and O–H groups in total. The van der Waals surface area contributed by atoms with E-state index in [1.54, 1.807) is 19.1 Å². The zero-order valence-corrected chi connectivity index (χ0v) is 28.5. The molecule has 48 heavy (non-hydrogen) atoms. The van der Waals surface area contributed by atoms with Gasteiger partial charge in [-0.05, 0) is 71.9 Å². The summed E-state index contributed by atoms with van der Waals surface area (Å²) in [7, 11) is -2.50. The van der Waals surface area contributed by atoms with E-state index in [2.05, 4.69) is 37.3 Å². The number of phenols is 1. The van der Waals surface area contributed by atoms with Crippen LogP contribution in [-0.4, -0.2) is 99.6 Å². The number of aromatic hydroxyl groups is 1. The smallest absolute Gasteiger partial charge is 0.238 e. The number of amides is 1. The molecule has 0 radical (unpaired) electrons. The van der Waals surface area contributed by atoms with E-state index in [0.717, 1.165) is 16.0 Å². The summed E-state index contributed by atoms with van der Waals surface area (Å²) in [5.74, 6) is 0.460. The molecule has 0 aliphatic carbocycles. The molecular formula is C33H46N6O8S. The van der Waals surface area contributed by atoms with Gasteiger partial charge in [0.2, 0.25) is 16.4 Å². The number of carbonyl (C=O) groups excluding carboxylic acids is 1. The minimum absolute atomic E-state index is 0.0109. The molecule has 15 heteroatoms. The first kappa shape index (κ1) is 39.8. The fourth-order valence-corrected chi connectivity index (χ4v) is 4.81. The summed E-state index contributed by atoms with van der Waals surface area (Å²) >= 11 is 0. The summed E-state index contributed by atoms with van der Waals surface area (Å²) in [4.78, 5) is 19.1. The Hall–Kier alpha value is -4.38. The molecule has 0 aliphatic rings. The second-order valence-corrected chi connectivity index (χ2v) is 13.9. The Morgan fingerprint density at radius 3 is 2.29 bits per heavy atom. The zero-order chi connectivity index (χ0) is 36.6. The molecule has 2 aromatic carbocycles. The van der Waals surface area contributed by atoms with E-state index in [0.29, 0.717) is 39.6 Å². The number of H-pyrrole nitrogens is 1. The highest BCUT2D eigenvalue weighted by Gasteiger charge is 2.25. The molecule has 0 saturated carbocycles. The van der Waals surface area contributed by atoms with Crippen LogP contribution in [0, 0.1) is 5.41 Å².